The van der Waals surface area contributed by atoms with Crippen LogP contribution in [0.25, 0.3) is 0 Å². The van der Waals surface area contributed by atoms with Crippen LogP contribution >= 0.6 is 12.4 Å². The lowest BCUT2D eigenvalue weighted by atomic mass is 9.95. The van der Waals surface area contributed by atoms with Gasteiger partial charge in [0.25, 0.3) is 5.91 Å². The molecule has 0 radical (unpaired) electrons. The van der Waals surface area contributed by atoms with Crippen molar-refractivity contribution in [2.75, 3.05) is 13.1 Å². The fourth-order valence-corrected chi connectivity index (χ4v) is 2.97. The highest BCUT2D eigenvalue weighted by molar-refractivity contribution is 6.02. The van der Waals surface area contributed by atoms with Crippen LogP contribution in [0, 0.1) is 19.8 Å². The van der Waals surface area contributed by atoms with E-state index < -0.39 is 0 Å². The van der Waals surface area contributed by atoms with Gasteiger partial charge in [-0.2, -0.15) is 0 Å². The number of hydrogen-bond donors (Lipinski definition) is 3. The third-order valence-electron chi connectivity index (χ3n) is 4.12. The van der Waals surface area contributed by atoms with Crippen LogP contribution in [-0.2, 0) is 0 Å². The van der Waals surface area contributed by atoms with Crippen molar-refractivity contribution >= 4 is 24.1 Å². The minimum atomic E-state index is -0.114. The van der Waals surface area contributed by atoms with Crippen molar-refractivity contribution in [2.24, 2.45) is 5.92 Å². The number of hydrogen-bond acceptors (Lipinski definition) is 3. The highest BCUT2D eigenvalue weighted by atomic mass is 35.5. The minimum Gasteiger partial charge on any atom is -0.354 e. The lowest BCUT2D eigenvalue weighted by molar-refractivity contribution is 0.0909. The topological polar surface area (TPSA) is 74.0 Å². The zero-order chi connectivity index (χ0) is 14.9. The van der Waals surface area contributed by atoms with Gasteiger partial charge in [-0.3, -0.25) is 9.59 Å². The SMILES string of the molecule is CC(=O)c1c(C)[nH]c(C(=O)NC2CCNCC2C)c1C.Cl. The Labute approximate surface area is 131 Å². The largest absolute Gasteiger partial charge is 0.354 e. The molecule has 1 aromatic rings. The predicted octanol–water partition coefficient (Wildman–Crippen LogP) is 1.98. The molecular formula is C15H24ClN3O2. The average molecular weight is 314 g/mol. The molecule has 0 bridgehead atoms. The Morgan fingerprint density at radius 3 is 2.48 bits per heavy atom. The first-order valence-corrected chi connectivity index (χ1v) is 7.13. The molecule has 118 valence electrons. The highest BCUT2D eigenvalue weighted by Gasteiger charge is 2.25. The summed E-state index contributed by atoms with van der Waals surface area (Å²) in [6.45, 7) is 9.16. The van der Waals surface area contributed by atoms with Gasteiger partial charge in [-0.1, -0.05) is 6.92 Å². The molecule has 0 saturated carbocycles. The van der Waals surface area contributed by atoms with Crippen LogP contribution in [0.5, 0.6) is 0 Å². The summed E-state index contributed by atoms with van der Waals surface area (Å²) in [5, 5.41) is 6.40. The van der Waals surface area contributed by atoms with E-state index in [9.17, 15) is 9.59 Å². The van der Waals surface area contributed by atoms with E-state index in [1.54, 1.807) is 0 Å². The molecule has 1 saturated heterocycles. The van der Waals surface area contributed by atoms with Crippen LogP contribution in [0.3, 0.4) is 0 Å². The number of halogens is 1. The Kier molecular flexibility index (Phi) is 5.98. The second-order valence-electron chi connectivity index (χ2n) is 5.73. The molecule has 2 atom stereocenters. The first-order chi connectivity index (χ1) is 9.41. The molecule has 0 aromatic carbocycles. The Morgan fingerprint density at radius 2 is 1.95 bits per heavy atom. The molecule has 6 heteroatoms. The molecule has 0 spiro atoms. The standard InChI is InChI=1S/C15H23N3O2.ClH/c1-8-7-16-6-5-12(8)18-15(20)14-9(2)13(11(4)19)10(3)17-14;/h8,12,16-17H,5-7H2,1-4H3,(H,18,20);1H. The minimum absolute atomic E-state index is 0. The van der Waals surface area contributed by atoms with Gasteiger partial charge in [0.05, 0.1) is 0 Å². The number of nitrogens with one attached hydrogen (secondary N) is 3. The Bertz CT molecular complexity index is 539. The molecule has 1 aliphatic heterocycles. The van der Waals surface area contributed by atoms with Gasteiger partial charge < -0.3 is 15.6 Å². The van der Waals surface area contributed by atoms with Gasteiger partial charge >= 0.3 is 0 Å². The molecule has 1 aromatic heterocycles. The fourth-order valence-electron chi connectivity index (χ4n) is 2.97. The molecule has 3 N–H and O–H groups in total. The smallest absolute Gasteiger partial charge is 0.268 e. The van der Waals surface area contributed by atoms with Gasteiger partial charge in [-0.25, -0.2) is 0 Å². The summed E-state index contributed by atoms with van der Waals surface area (Å²) in [5.41, 5.74) is 2.65. The van der Waals surface area contributed by atoms with E-state index >= 15 is 0 Å². The quantitative estimate of drug-likeness (QED) is 0.747. The van der Waals surface area contributed by atoms with E-state index in [-0.39, 0.29) is 30.1 Å². The summed E-state index contributed by atoms with van der Waals surface area (Å²) in [4.78, 5) is 27.0. The van der Waals surface area contributed by atoms with Crippen LogP contribution < -0.4 is 10.6 Å². The normalized spacial score (nSPS) is 21.5. The van der Waals surface area contributed by atoms with Gasteiger partial charge in [0.15, 0.2) is 5.78 Å². The van der Waals surface area contributed by atoms with E-state index in [2.05, 4.69) is 22.5 Å². The molecule has 1 aliphatic rings. The van der Waals surface area contributed by atoms with E-state index in [1.165, 1.54) is 6.92 Å². The zero-order valence-corrected chi connectivity index (χ0v) is 13.8. The molecule has 5 nitrogen and oxygen atoms in total. The number of H-pyrrole nitrogens is 1. The van der Waals surface area contributed by atoms with Crippen LogP contribution in [0.2, 0.25) is 0 Å². The van der Waals surface area contributed by atoms with E-state index in [1.807, 2.05) is 13.8 Å². The molecule has 2 heterocycles. The number of aromatic amines is 1. The van der Waals surface area contributed by atoms with E-state index in [0.717, 1.165) is 30.8 Å². The van der Waals surface area contributed by atoms with E-state index in [4.69, 9.17) is 0 Å². The van der Waals surface area contributed by atoms with Crippen LogP contribution in [0.15, 0.2) is 0 Å². The fraction of sp³-hybridized carbons (Fsp3) is 0.600. The summed E-state index contributed by atoms with van der Waals surface area (Å²) in [5.74, 6) is 0.290. The number of carbonyl (C=O) groups excluding carboxylic acids is 2. The molecule has 2 rings (SSSR count). The van der Waals surface area contributed by atoms with Gasteiger partial charge in [-0.05, 0) is 51.8 Å². The third-order valence-corrected chi connectivity index (χ3v) is 4.12. The van der Waals surface area contributed by atoms with Crippen LogP contribution in [-0.4, -0.2) is 35.8 Å². The van der Waals surface area contributed by atoms with Gasteiger partial charge in [0, 0.05) is 17.3 Å². The summed E-state index contributed by atoms with van der Waals surface area (Å²) in [6.07, 6.45) is 0.936. The van der Waals surface area contributed by atoms with Crippen LogP contribution in [0.1, 0.15) is 52.4 Å². The predicted molar refractivity (Wildman–Crippen MR) is 85.4 cm³/mol. The number of Topliss-reactive ketones (excluding diaryl/α,β-unsaturated/α-hetero) is 1. The summed E-state index contributed by atoms with van der Waals surface area (Å²) in [7, 11) is 0. The average Bonchev–Trinajstić information content (AvgIpc) is 2.67. The van der Waals surface area contributed by atoms with Gasteiger partial charge in [-0.15, -0.1) is 12.4 Å². The number of carbonyl (C=O) groups is 2. The van der Waals surface area contributed by atoms with Crippen molar-refractivity contribution in [1.29, 1.82) is 0 Å². The lowest BCUT2D eigenvalue weighted by Gasteiger charge is -2.30. The summed E-state index contributed by atoms with van der Waals surface area (Å²) < 4.78 is 0. The molecule has 0 aliphatic carbocycles. The first-order valence-electron chi connectivity index (χ1n) is 7.13. The van der Waals surface area contributed by atoms with Crippen molar-refractivity contribution in [1.82, 2.24) is 15.6 Å². The molecular weight excluding hydrogens is 290 g/mol. The summed E-state index contributed by atoms with van der Waals surface area (Å²) >= 11 is 0. The van der Waals surface area contributed by atoms with Crippen LogP contribution in [0.4, 0.5) is 0 Å². The van der Waals surface area contributed by atoms with Crippen molar-refractivity contribution in [3.05, 3.63) is 22.5 Å². The third kappa shape index (κ3) is 3.66. The second-order valence-corrected chi connectivity index (χ2v) is 5.73. The van der Waals surface area contributed by atoms with Crippen molar-refractivity contribution in [3.63, 3.8) is 0 Å². The Hall–Kier alpha value is -1.33. The lowest BCUT2D eigenvalue weighted by Crippen LogP contribution is -2.48. The zero-order valence-electron chi connectivity index (χ0n) is 13.0. The number of rotatable bonds is 3. The molecule has 2 unspecified atom stereocenters. The maximum absolute atomic E-state index is 12.4. The van der Waals surface area contributed by atoms with E-state index in [0.29, 0.717) is 17.2 Å². The maximum Gasteiger partial charge on any atom is 0.268 e. The molecule has 1 fully saturated rings. The number of ketones is 1. The van der Waals surface area contributed by atoms with Gasteiger partial charge in [0.1, 0.15) is 5.69 Å². The number of piperidine rings is 1. The first kappa shape index (κ1) is 17.7. The maximum atomic E-state index is 12.4. The number of aryl methyl sites for hydroxylation is 1. The monoisotopic (exact) mass is 313 g/mol. The Morgan fingerprint density at radius 1 is 1.29 bits per heavy atom. The van der Waals surface area contributed by atoms with Crippen molar-refractivity contribution in [3.8, 4) is 0 Å². The van der Waals surface area contributed by atoms with Crippen molar-refractivity contribution in [2.45, 2.75) is 40.2 Å². The molecule has 21 heavy (non-hydrogen) atoms. The number of amides is 1. The Balaban J connectivity index is 0.00000220. The summed E-state index contributed by atoms with van der Waals surface area (Å²) in [6, 6.07) is 0.188. The second kappa shape index (κ2) is 7.09. The molecule has 1 amide bonds. The number of aromatic nitrogens is 1. The highest BCUT2D eigenvalue weighted by Crippen LogP contribution is 2.19. The van der Waals surface area contributed by atoms with Gasteiger partial charge in [0.2, 0.25) is 0 Å². The van der Waals surface area contributed by atoms with Crippen molar-refractivity contribution < 1.29 is 9.59 Å².